The summed E-state index contributed by atoms with van der Waals surface area (Å²) in [5.74, 6) is 0.0265. The third-order valence-electron chi connectivity index (χ3n) is 4.35. The summed E-state index contributed by atoms with van der Waals surface area (Å²) in [5.41, 5.74) is 5.04. The maximum absolute atomic E-state index is 12.9. The molecule has 0 radical (unpaired) electrons. The number of hydrogen-bond acceptors (Lipinski definition) is 5. The Bertz CT molecular complexity index is 926. The zero-order chi connectivity index (χ0) is 20.7. The number of thiophene rings is 1. The summed E-state index contributed by atoms with van der Waals surface area (Å²) in [6, 6.07) is 3.80. The predicted molar refractivity (Wildman–Crippen MR) is 116 cm³/mol. The van der Waals surface area contributed by atoms with Gasteiger partial charge in [-0.05, 0) is 36.3 Å². The molecule has 0 unspecified atom stereocenters. The van der Waals surface area contributed by atoms with Gasteiger partial charge in [-0.3, -0.25) is 19.1 Å². The number of unbranched alkanes of at least 4 members (excludes halogenated alkanes) is 1. The number of nitrogens with one attached hydrogen (secondary N) is 1. The normalized spacial score (nSPS) is 11.4. The second-order valence-corrected chi connectivity index (χ2v) is 8.00. The van der Waals surface area contributed by atoms with E-state index in [1.807, 2.05) is 38.3 Å². The number of hydrogen-bond donors (Lipinski definition) is 2. The van der Waals surface area contributed by atoms with Crippen molar-refractivity contribution in [3.05, 3.63) is 49.3 Å². The number of amides is 1. The summed E-state index contributed by atoms with van der Waals surface area (Å²) in [4.78, 5) is 42.2. The SMILES string of the molecule is CCCCn1c(N)c(N(CCC(C)C)C(=O)/C=C/c2cccs2)c(=O)[nH]c1=O. The molecule has 2 aromatic rings. The van der Waals surface area contributed by atoms with Crippen LogP contribution in [0.4, 0.5) is 11.5 Å². The van der Waals surface area contributed by atoms with Crippen molar-refractivity contribution in [2.24, 2.45) is 5.92 Å². The predicted octanol–water partition coefficient (Wildman–Crippen LogP) is 3.07. The molecule has 0 aliphatic rings. The number of rotatable bonds is 9. The molecule has 8 heteroatoms. The second-order valence-electron chi connectivity index (χ2n) is 7.02. The van der Waals surface area contributed by atoms with Crippen molar-refractivity contribution in [2.75, 3.05) is 17.2 Å². The second kappa shape index (κ2) is 10.1. The van der Waals surface area contributed by atoms with Crippen LogP contribution in [-0.4, -0.2) is 22.0 Å². The van der Waals surface area contributed by atoms with Crippen molar-refractivity contribution >= 4 is 34.8 Å². The number of aromatic nitrogens is 2. The smallest absolute Gasteiger partial charge is 0.330 e. The molecule has 2 rings (SSSR count). The summed E-state index contributed by atoms with van der Waals surface area (Å²) < 4.78 is 1.33. The molecule has 28 heavy (non-hydrogen) atoms. The van der Waals surface area contributed by atoms with Crippen LogP contribution in [-0.2, 0) is 11.3 Å². The summed E-state index contributed by atoms with van der Waals surface area (Å²) in [6.07, 6.45) is 5.47. The van der Waals surface area contributed by atoms with Crippen LogP contribution >= 0.6 is 11.3 Å². The minimum atomic E-state index is -0.642. The fourth-order valence-corrected chi connectivity index (χ4v) is 3.34. The molecule has 0 aliphatic carbocycles. The Labute approximate surface area is 168 Å². The van der Waals surface area contributed by atoms with Crippen LogP contribution in [0.5, 0.6) is 0 Å². The van der Waals surface area contributed by atoms with E-state index in [-0.39, 0.29) is 17.4 Å². The fraction of sp³-hybridized carbons (Fsp3) is 0.450. The fourth-order valence-electron chi connectivity index (χ4n) is 2.73. The third-order valence-corrected chi connectivity index (χ3v) is 5.19. The topological polar surface area (TPSA) is 101 Å². The van der Waals surface area contributed by atoms with Crippen LogP contribution in [0.15, 0.2) is 33.2 Å². The summed E-state index contributed by atoms with van der Waals surface area (Å²) >= 11 is 1.51. The van der Waals surface area contributed by atoms with Crippen molar-refractivity contribution in [1.29, 1.82) is 0 Å². The first-order chi connectivity index (χ1) is 13.3. The average molecular weight is 405 g/mol. The molecule has 0 saturated heterocycles. The van der Waals surface area contributed by atoms with Gasteiger partial charge < -0.3 is 10.6 Å². The van der Waals surface area contributed by atoms with Gasteiger partial charge in [0.1, 0.15) is 5.82 Å². The van der Waals surface area contributed by atoms with Crippen molar-refractivity contribution in [2.45, 2.75) is 46.6 Å². The van der Waals surface area contributed by atoms with E-state index in [1.165, 1.54) is 26.9 Å². The Kier molecular flexibility index (Phi) is 7.80. The molecule has 0 bridgehead atoms. The van der Waals surface area contributed by atoms with Gasteiger partial charge in [0.2, 0.25) is 0 Å². The highest BCUT2D eigenvalue weighted by atomic mass is 32.1. The monoisotopic (exact) mass is 404 g/mol. The average Bonchev–Trinajstić information content (AvgIpc) is 3.15. The van der Waals surface area contributed by atoms with Gasteiger partial charge in [0.15, 0.2) is 5.69 Å². The highest BCUT2D eigenvalue weighted by molar-refractivity contribution is 7.10. The summed E-state index contributed by atoms with van der Waals surface area (Å²) in [6.45, 7) is 6.81. The van der Waals surface area contributed by atoms with E-state index in [0.29, 0.717) is 25.4 Å². The van der Waals surface area contributed by atoms with Crippen LogP contribution in [0.2, 0.25) is 0 Å². The Morgan fingerprint density at radius 1 is 1.39 bits per heavy atom. The number of carbonyl (C=O) groups excluding carboxylic acids is 1. The summed E-state index contributed by atoms with van der Waals surface area (Å²) in [7, 11) is 0. The molecule has 0 atom stereocenters. The van der Waals surface area contributed by atoms with Crippen LogP contribution in [0.25, 0.3) is 6.08 Å². The molecule has 3 N–H and O–H groups in total. The van der Waals surface area contributed by atoms with E-state index in [2.05, 4.69) is 4.98 Å². The Morgan fingerprint density at radius 3 is 2.75 bits per heavy atom. The van der Waals surface area contributed by atoms with Crippen LogP contribution in [0, 0.1) is 5.92 Å². The van der Waals surface area contributed by atoms with Crippen LogP contribution in [0.1, 0.15) is 44.9 Å². The third kappa shape index (κ3) is 5.45. The molecular formula is C20H28N4O3S. The Morgan fingerprint density at radius 2 is 2.14 bits per heavy atom. The van der Waals surface area contributed by atoms with E-state index in [4.69, 9.17) is 5.73 Å². The Balaban J connectivity index is 2.46. The molecular weight excluding hydrogens is 376 g/mol. The van der Waals surface area contributed by atoms with Gasteiger partial charge in [-0.2, -0.15) is 0 Å². The molecule has 2 heterocycles. The van der Waals surface area contributed by atoms with Gasteiger partial charge >= 0.3 is 5.69 Å². The number of nitrogens with zero attached hydrogens (tertiary/aromatic N) is 2. The van der Waals surface area contributed by atoms with Crippen molar-refractivity contribution in [3.8, 4) is 0 Å². The highest BCUT2D eigenvalue weighted by Crippen LogP contribution is 2.20. The lowest BCUT2D eigenvalue weighted by Crippen LogP contribution is -2.41. The summed E-state index contributed by atoms with van der Waals surface area (Å²) in [5, 5.41) is 1.92. The maximum atomic E-state index is 12.9. The van der Waals surface area contributed by atoms with Crippen molar-refractivity contribution < 1.29 is 4.79 Å². The van der Waals surface area contributed by atoms with Gasteiger partial charge in [-0.15, -0.1) is 11.3 Å². The van der Waals surface area contributed by atoms with E-state index in [9.17, 15) is 14.4 Å². The zero-order valence-corrected chi connectivity index (χ0v) is 17.4. The lowest BCUT2D eigenvalue weighted by Gasteiger charge is -2.24. The van der Waals surface area contributed by atoms with E-state index in [1.54, 1.807) is 6.08 Å². The van der Waals surface area contributed by atoms with E-state index in [0.717, 1.165) is 17.7 Å². The van der Waals surface area contributed by atoms with E-state index < -0.39 is 11.2 Å². The van der Waals surface area contributed by atoms with Gasteiger partial charge in [-0.25, -0.2) is 4.79 Å². The number of aromatic amines is 1. The number of H-pyrrole nitrogens is 1. The van der Waals surface area contributed by atoms with Gasteiger partial charge in [0.05, 0.1) is 0 Å². The number of nitrogen functional groups attached to an aromatic ring is 1. The quantitative estimate of drug-likeness (QED) is 0.627. The molecule has 0 spiro atoms. The number of carbonyl (C=O) groups is 1. The van der Waals surface area contributed by atoms with Crippen molar-refractivity contribution in [1.82, 2.24) is 9.55 Å². The van der Waals surface area contributed by atoms with E-state index >= 15 is 0 Å². The van der Waals surface area contributed by atoms with Crippen molar-refractivity contribution in [3.63, 3.8) is 0 Å². The molecule has 2 aromatic heterocycles. The standard InChI is InChI=1S/C20H28N4O3S/c1-4-5-11-24-18(21)17(19(26)22-20(24)27)23(12-10-14(2)3)16(25)9-8-15-7-6-13-28-15/h6-9,13-14H,4-5,10-12,21H2,1-3H3,(H,22,26,27)/b9-8+. The Hall–Kier alpha value is -2.61. The highest BCUT2D eigenvalue weighted by Gasteiger charge is 2.23. The van der Waals surface area contributed by atoms with Crippen LogP contribution < -0.4 is 21.9 Å². The lowest BCUT2D eigenvalue weighted by atomic mass is 10.1. The van der Waals surface area contributed by atoms with Gasteiger partial charge in [0.25, 0.3) is 11.5 Å². The van der Waals surface area contributed by atoms with Gasteiger partial charge in [0, 0.05) is 24.0 Å². The molecule has 0 aromatic carbocycles. The number of nitrogens with two attached hydrogens (primary N) is 1. The molecule has 0 saturated carbocycles. The molecule has 152 valence electrons. The largest absolute Gasteiger partial charge is 0.383 e. The zero-order valence-electron chi connectivity index (χ0n) is 16.6. The number of anilines is 2. The molecule has 1 amide bonds. The molecule has 7 nitrogen and oxygen atoms in total. The lowest BCUT2D eigenvalue weighted by molar-refractivity contribution is -0.114. The minimum Gasteiger partial charge on any atom is -0.383 e. The minimum absolute atomic E-state index is 0.0313. The first-order valence-corrected chi connectivity index (χ1v) is 10.4. The van der Waals surface area contributed by atoms with Gasteiger partial charge in [-0.1, -0.05) is 33.3 Å². The molecule has 0 aliphatic heterocycles. The first-order valence-electron chi connectivity index (χ1n) is 9.50. The maximum Gasteiger partial charge on any atom is 0.330 e. The first kappa shape index (κ1) is 21.7. The molecule has 0 fully saturated rings. The van der Waals surface area contributed by atoms with Crippen LogP contribution in [0.3, 0.4) is 0 Å².